The summed E-state index contributed by atoms with van der Waals surface area (Å²) < 4.78 is 10.6. The van der Waals surface area contributed by atoms with Crippen LogP contribution in [0.1, 0.15) is 51.9 Å². The Balaban J connectivity index is 2.21. The van der Waals surface area contributed by atoms with E-state index in [1.807, 2.05) is 0 Å². The molecule has 18 heavy (non-hydrogen) atoms. The van der Waals surface area contributed by atoms with E-state index in [0.717, 1.165) is 32.1 Å². The Hall–Kier alpha value is -0.120. The van der Waals surface area contributed by atoms with E-state index in [9.17, 15) is 0 Å². The summed E-state index contributed by atoms with van der Waals surface area (Å²) in [5.41, 5.74) is 0. The van der Waals surface area contributed by atoms with Crippen LogP contribution in [0.2, 0.25) is 0 Å². The average Bonchev–Trinajstić information content (AvgIpc) is 2.43. The van der Waals surface area contributed by atoms with Crippen molar-refractivity contribution in [3.05, 3.63) is 0 Å². The molecule has 0 aromatic rings. The first-order chi connectivity index (χ1) is 8.88. The minimum absolute atomic E-state index is 0.660. The fourth-order valence-electron chi connectivity index (χ4n) is 2.83. The largest absolute Gasteiger partial charge is 0.382 e. The lowest BCUT2D eigenvalue weighted by atomic mass is 9.82. The highest BCUT2D eigenvalue weighted by atomic mass is 16.5. The molecule has 0 bridgehead atoms. The van der Waals surface area contributed by atoms with Crippen LogP contribution in [0, 0.1) is 5.92 Å². The minimum atomic E-state index is 0.660. The van der Waals surface area contributed by atoms with Gasteiger partial charge >= 0.3 is 0 Å². The van der Waals surface area contributed by atoms with Crippen LogP contribution in [0.25, 0.3) is 0 Å². The maximum atomic E-state index is 5.61. The molecule has 0 radical (unpaired) electrons. The van der Waals surface area contributed by atoms with Crippen LogP contribution in [-0.2, 0) is 9.47 Å². The first kappa shape index (κ1) is 15.9. The molecular formula is C15H31NO2. The van der Waals surface area contributed by atoms with Crippen LogP contribution in [0.3, 0.4) is 0 Å². The van der Waals surface area contributed by atoms with E-state index < -0.39 is 0 Å². The van der Waals surface area contributed by atoms with Crippen molar-refractivity contribution in [2.45, 2.75) is 57.9 Å². The molecule has 108 valence electrons. The van der Waals surface area contributed by atoms with Crippen molar-refractivity contribution in [2.75, 3.05) is 33.5 Å². The van der Waals surface area contributed by atoms with Crippen molar-refractivity contribution in [1.82, 2.24) is 5.32 Å². The van der Waals surface area contributed by atoms with Gasteiger partial charge in [0, 0.05) is 19.8 Å². The molecule has 0 heterocycles. The van der Waals surface area contributed by atoms with Crippen molar-refractivity contribution in [3.8, 4) is 0 Å². The number of hydrogen-bond acceptors (Lipinski definition) is 3. The summed E-state index contributed by atoms with van der Waals surface area (Å²) in [6, 6.07) is 0.660. The monoisotopic (exact) mass is 257 g/mol. The van der Waals surface area contributed by atoms with Crippen LogP contribution in [0.5, 0.6) is 0 Å². The van der Waals surface area contributed by atoms with E-state index in [0.29, 0.717) is 12.6 Å². The molecule has 1 rings (SSSR count). The van der Waals surface area contributed by atoms with Gasteiger partial charge in [0.2, 0.25) is 0 Å². The average molecular weight is 257 g/mol. The van der Waals surface area contributed by atoms with Gasteiger partial charge in [-0.1, -0.05) is 26.2 Å². The summed E-state index contributed by atoms with van der Waals surface area (Å²) in [4.78, 5) is 0. The predicted octanol–water partition coefficient (Wildman–Crippen LogP) is 2.99. The first-order valence-electron chi connectivity index (χ1n) is 7.68. The molecule has 0 aromatic heterocycles. The van der Waals surface area contributed by atoms with Crippen LogP contribution in [0.4, 0.5) is 0 Å². The van der Waals surface area contributed by atoms with Crippen molar-refractivity contribution in [3.63, 3.8) is 0 Å². The third-order valence-corrected chi connectivity index (χ3v) is 3.88. The van der Waals surface area contributed by atoms with E-state index >= 15 is 0 Å². The van der Waals surface area contributed by atoms with Gasteiger partial charge < -0.3 is 14.8 Å². The molecule has 1 aliphatic carbocycles. The standard InChI is InChI=1S/C15H31NO2/c1-3-10-16-15(9-11-18-13-12-17-2)14-7-5-4-6-8-14/h14-16H,3-13H2,1-2H3. The van der Waals surface area contributed by atoms with Crippen LogP contribution in [-0.4, -0.2) is 39.5 Å². The second-order valence-corrected chi connectivity index (χ2v) is 5.35. The maximum Gasteiger partial charge on any atom is 0.0700 e. The summed E-state index contributed by atoms with van der Waals surface area (Å²) in [5.74, 6) is 0.872. The van der Waals surface area contributed by atoms with Crippen molar-refractivity contribution in [1.29, 1.82) is 0 Å². The highest BCUT2D eigenvalue weighted by Crippen LogP contribution is 2.27. The Morgan fingerprint density at radius 1 is 1.11 bits per heavy atom. The highest BCUT2D eigenvalue weighted by molar-refractivity contribution is 4.79. The maximum absolute atomic E-state index is 5.61. The third-order valence-electron chi connectivity index (χ3n) is 3.88. The Morgan fingerprint density at radius 2 is 1.89 bits per heavy atom. The molecule has 1 saturated carbocycles. The molecule has 0 spiro atoms. The number of rotatable bonds is 10. The van der Waals surface area contributed by atoms with Gasteiger partial charge in [0.15, 0.2) is 0 Å². The van der Waals surface area contributed by atoms with Gasteiger partial charge in [0.05, 0.1) is 13.2 Å². The van der Waals surface area contributed by atoms with E-state index in [1.165, 1.54) is 38.5 Å². The molecule has 0 saturated heterocycles. The summed E-state index contributed by atoms with van der Waals surface area (Å²) in [7, 11) is 1.72. The smallest absolute Gasteiger partial charge is 0.0700 e. The number of nitrogens with one attached hydrogen (secondary N) is 1. The summed E-state index contributed by atoms with van der Waals surface area (Å²) in [5, 5.41) is 3.72. The van der Waals surface area contributed by atoms with Crippen LogP contribution >= 0.6 is 0 Å². The van der Waals surface area contributed by atoms with E-state index in [2.05, 4.69) is 12.2 Å². The fourth-order valence-corrected chi connectivity index (χ4v) is 2.83. The molecule has 3 heteroatoms. The quantitative estimate of drug-likeness (QED) is 0.610. The van der Waals surface area contributed by atoms with Crippen molar-refractivity contribution in [2.24, 2.45) is 5.92 Å². The second kappa shape index (κ2) is 10.8. The molecular weight excluding hydrogens is 226 g/mol. The van der Waals surface area contributed by atoms with E-state index in [4.69, 9.17) is 9.47 Å². The van der Waals surface area contributed by atoms with Gasteiger partial charge in [0.1, 0.15) is 0 Å². The Bertz CT molecular complexity index is 181. The number of ether oxygens (including phenoxy) is 2. The van der Waals surface area contributed by atoms with E-state index in [-0.39, 0.29) is 0 Å². The Morgan fingerprint density at radius 3 is 2.56 bits per heavy atom. The van der Waals surface area contributed by atoms with Crippen LogP contribution < -0.4 is 5.32 Å². The zero-order valence-corrected chi connectivity index (χ0v) is 12.2. The lowest BCUT2D eigenvalue weighted by Crippen LogP contribution is -2.38. The van der Waals surface area contributed by atoms with Gasteiger partial charge in [0.25, 0.3) is 0 Å². The Kier molecular flexibility index (Phi) is 9.54. The summed E-state index contributed by atoms with van der Waals surface area (Å²) >= 11 is 0. The van der Waals surface area contributed by atoms with Gasteiger partial charge in [-0.05, 0) is 38.1 Å². The molecule has 1 atom stereocenters. The van der Waals surface area contributed by atoms with Crippen LogP contribution in [0.15, 0.2) is 0 Å². The topological polar surface area (TPSA) is 30.5 Å². The summed E-state index contributed by atoms with van der Waals surface area (Å²) in [6.07, 6.45) is 9.43. The lowest BCUT2D eigenvalue weighted by molar-refractivity contribution is 0.0613. The molecule has 1 N–H and O–H groups in total. The van der Waals surface area contributed by atoms with E-state index in [1.54, 1.807) is 7.11 Å². The molecule has 0 amide bonds. The van der Waals surface area contributed by atoms with Gasteiger partial charge in [-0.2, -0.15) is 0 Å². The Labute approximate surface area is 113 Å². The molecule has 1 aliphatic rings. The zero-order chi connectivity index (χ0) is 13.1. The molecule has 0 aromatic carbocycles. The molecule has 0 aliphatic heterocycles. The van der Waals surface area contributed by atoms with Gasteiger partial charge in [-0.25, -0.2) is 0 Å². The van der Waals surface area contributed by atoms with Crippen molar-refractivity contribution < 1.29 is 9.47 Å². The first-order valence-corrected chi connectivity index (χ1v) is 7.68. The second-order valence-electron chi connectivity index (χ2n) is 5.35. The zero-order valence-electron chi connectivity index (χ0n) is 12.2. The van der Waals surface area contributed by atoms with Gasteiger partial charge in [-0.15, -0.1) is 0 Å². The molecule has 1 fully saturated rings. The molecule has 3 nitrogen and oxygen atoms in total. The normalized spacial score (nSPS) is 19.0. The fraction of sp³-hybridized carbons (Fsp3) is 1.00. The third kappa shape index (κ3) is 6.72. The predicted molar refractivity (Wildman–Crippen MR) is 76.0 cm³/mol. The minimum Gasteiger partial charge on any atom is -0.382 e. The molecule has 1 unspecified atom stereocenters. The number of hydrogen-bond donors (Lipinski definition) is 1. The SMILES string of the molecule is CCCNC(CCOCCOC)C1CCCCC1. The summed E-state index contributed by atoms with van der Waals surface area (Å²) in [6.45, 7) is 5.67. The van der Waals surface area contributed by atoms with Gasteiger partial charge in [-0.3, -0.25) is 0 Å². The lowest BCUT2D eigenvalue weighted by Gasteiger charge is -2.31. The highest BCUT2D eigenvalue weighted by Gasteiger charge is 2.22. The number of methoxy groups -OCH3 is 1. The van der Waals surface area contributed by atoms with Crippen molar-refractivity contribution >= 4 is 0 Å².